The molecule has 1 rings (SSSR count). The summed E-state index contributed by atoms with van der Waals surface area (Å²) in [5.41, 5.74) is -0.619. The van der Waals surface area contributed by atoms with Crippen molar-refractivity contribution in [3.8, 4) is 0 Å². The molecule has 0 radical (unpaired) electrons. The van der Waals surface area contributed by atoms with Gasteiger partial charge in [0.05, 0.1) is 7.11 Å². The highest BCUT2D eigenvalue weighted by atomic mass is 16.6. The molecule has 0 spiro atoms. The lowest BCUT2D eigenvalue weighted by atomic mass is 10.0. The van der Waals surface area contributed by atoms with Crippen LogP contribution in [-0.2, 0) is 19.0 Å². The minimum Gasteiger partial charge on any atom is -0.467 e. The summed E-state index contributed by atoms with van der Waals surface area (Å²) >= 11 is 0. The molecule has 1 unspecified atom stereocenters. The van der Waals surface area contributed by atoms with Gasteiger partial charge in [-0.2, -0.15) is 0 Å². The van der Waals surface area contributed by atoms with Crippen LogP contribution in [-0.4, -0.2) is 48.5 Å². The Balaban J connectivity index is 2.93. The monoisotopic (exact) mass is 287 g/mol. The predicted octanol–water partition coefficient (Wildman–Crippen LogP) is 2.31. The fraction of sp³-hybridized carbons (Fsp3) is 0.857. The second-order valence-corrected chi connectivity index (χ2v) is 5.77. The zero-order valence-corrected chi connectivity index (χ0v) is 13.0. The van der Waals surface area contributed by atoms with Crippen LogP contribution >= 0.6 is 0 Å². The van der Waals surface area contributed by atoms with Crippen LogP contribution in [0.1, 0.15) is 47.0 Å². The number of likely N-dealkylation sites (tertiary alicyclic amines) is 1. The molecule has 1 fully saturated rings. The molecule has 6 heteroatoms. The molecule has 1 aliphatic heterocycles. The van der Waals surface area contributed by atoms with Crippen molar-refractivity contribution in [1.82, 2.24) is 4.90 Å². The maximum Gasteiger partial charge on any atom is 0.413 e. The molecule has 0 saturated carbocycles. The lowest BCUT2D eigenvalue weighted by molar-refractivity contribution is -0.158. The topological polar surface area (TPSA) is 65.1 Å². The lowest BCUT2D eigenvalue weighted by Gasteiger charge is -2.40. The van der Waals surface area contributed by atoms with E-state index in [0.29, 0.717) is 19.4 Å². The number of carbonyl (C=O) groups is 2. The van der Waals surface area contributed by atoms with Crippen LogP contribution in [0.4, 0.5) is 4.79 Å². The van der Waals surface area contributed by atoms with Crippen molar-refractivity contribution in [1.29, 1.82) is 0 Å². The summed E-state index contributed by atoms with van der Waals surface area (Å²) in [6.07, 6.45) is 1.10. The fourth-order valence-corrected chi connectivity index (χ4v) is 2.25. The Hall–Kier alpha value is -1.30. The Morgan fingerprint density at radius 2 is 1.90 bits per heavy atom. The molecule has 20 heavy (non-hydrogen) atoms. The third-order valence-corrected chi connectivity index (χ3v) is 3.01. The molecule has 2 atom stereocenters. The van der Waals surface area contributed by atoms with Crippen LogP contribution in [0.15, 0.2) is 0 Å². The van der Waals surface area contributed by atoms with E-state index in [1.807, 2.05) is 6.92 Å². The molecule has 1 heterocycles. The molecule has 1 aliphatic rings. The Bertz CT molecular complexity index is 348. The summed E-state index contributed by atoms with van der Waals surface area (Å²) in [5, 5.41) is 0. The standard InChI is InChI=1S/C14H25NO5/c1-6-19-11-9-7-8-10(12(16)18-5)15(11)13(17)20-14(2,3)4/h10-11H,6-9H2,1-5H3/t10-,11?/m0/s1. The van der Waals surface area contributed by atoms with Gasteiger partial charge in [-0.15, -0.1) is 0 Å². The summed E-state index contributed by atoms with van der Waals surface area (Å²) < 4.78 is 15.7. The highest BCUT2D eigenvalue weighted by Crippen LogP contribution is 2.27. The third-order valence-electron chi connectivity index (χ3n) is 3.01. The molecule has 1 saturated heterocycles. The molecule has 1 amide bonds. The van der Waals surface area contributed by atoms with Crippen LogP contribution in [0.5, 0.6) is 0 Å². The van der Waals surface area contributed by atoms with E-state index < -0.39 is 29.9 Å². The number of hydrogen-bond donors (Lipinski definition) is 0. The van der Waals surface area contributed by atoms with E-state index in [-0.39, 0.29) is 0 Å². The molecular formula is C14H25NO5. The van der Waals surface area contributed by atoms with Gasteiger partial charge in [0, 0.05) is 6.61 Å². The Labute approximate surface area is 120 Å². The van der Waals surface area contributed by atoms with E-state index in [9.17, 15) is 9.59 Å². The first kappa shape index (κ1) is 16.8. The fourth-order valence-electron chi connectivity index (χ4n) is 2.25. The summed E-state index contributed by atoms with van der Waals surface area (Å²) in [4.78, 5) is 25.6. The number of nitrogens with zero attached hydrogens (tertiary/aromatic N) is 1. The van der Waals surface area contributed by atoms with Gasteiger partial charge in [0.2, 0.25) is 0 Å². The smallest absolute Gasteiger partial charge is 0.413 e. The Morgan fingerprint density at radius 3 is 2.40 bits per heavy atom. The maximum absolute atomic E-state index is 12.3. The lowest BCUT2D eigenvalue weighted by Crippen LogP contribution is -2.55. The molecule has 0 N–H and O–H groups in total. The van der Waals surface area contributed by atoms with E-state index >= 15 is 0 Å². The van der Waals surface area contributed by atoms with Gasteiger partial charge in [-0.05, 0) is 47.0 Å². The van der Waals surface area contributed by atoms with Crippen molar-refractivity contribution in [3.05, 3.63) is 0 Å². The minimum absolute atomic E-state index is 0.430. The highest BCUT2D eigenvalue weighted by Gasteiger charge is 2.41. The number of esters is 1. The van der Waals surface area contributed by atoms with Crippen LogP contribution in [0.3, 0.4) is 0 Å². The van der Waals surface area contributed by atoms with Gasteiger partial charge in [0.25, 0.3) is 0 Å². The van der Waals surface area contributed by atoms with Gasteiger partial charge in [-0.1, -0.05) is 0 Å². The average Bonchev–Trinajstić information content (AvgIpc) is 2.35. The first-order valence-corrected chi connectivity index (χ1v) is 7.01. The summed E-state index contributed by atoms with van der Waals surface area (Å²) in [6, 6.07) is -0.639. The third kappa shape index (κ3) is 4.37. The molecule has 0 aliphatic carbocycles. The second-order valence-electron chi connectivity index (χ2n) is 5.77. The number of rotatable bonds is 3. The minimum atomic E-state index is -0.639. The number of amides is 1. The van der Waals surface area contributed by atoms with Gasteiger partial charge in [0.15, 0.2) is 0 Å². The molecule has 0 bridgehead atoms. The molecule has 0 aromatic carbocycles. The molecule has 0 aromatic heterocycles. The molecule has 0 aromatic rings. The first-order chi connectivity index (χ1) is 9.30. The quantitative estimate of drug-likeness (QED) is 0.745. The maximum atomic E-state index is 12.3. The van der Waals surface area contributed by atoms with E-state index in [1.54, 1.807) is 20.8 Å². The van der Waals surface area contributed by atoms with Crippen molar-refractivity contribution in [2.45, 2.75) is 64.8 Å². The highest BCUT2D eigenvalue weighted by molar-refractivity contribution is 5.81. The number of piperidine rings is 1. The number of carbonyl (C=O) groups excluding carboxylic acids is 2. The SMILES string of the molecule is CCOC1CCC[C@@H](C(=O)OC)N1C(=O)OC(C)(C)C. The Kier molecular flexibility index (Phi) is 5.80. The van der Waals surface area contributed by atoms with E-state index in [0.717, 1.165) is 6.42 Å². The van der Waals surface area contributed by atoms with E-state index in [2.05, 4.69) is 0 Å². The van der Waals surface area contributed by atoms with Gasteiger partial charge in [-0.3, -0.25) is 4.90 Å². The number of ether oxygens (including phenoxy) is 3. The molecular weight excluding hydrogens is 262 g/mol. The van der Waals surface area contributed by atoms with Crippen LogP contribution < -0.4 is 0 Å². The van der Waals surface area contributed by atoms with Crippen LogP contribution in [0.2, 0.25) is 0 Å². The second kappa shape index (κ2) is 6.92. The van der Waals surface area contributed by atoms with Crippen molar-refractivity contribution in [3.63, 3.8) is 0 Å². The molecule has 116 valence electrons. The van der Waals surface area contributed by atoms with Gasteiger partial charge >= 0.3 is 12.1 Å². The average molecular weight is 287 g/mol. The normalized spacial score (nSPS) is 23.4. The van der Waals surface area contributed by atoms with Gasteiger partial charge in [0.1, 0.15) is 17.9 Å². The zero-order valence-electron chi connectivity index (χ0n) is 13.0. The largest absolute Gasteiger partial charge is 0.467 e. The number of methoxy groups -OCH3 is 1. The van der Waals surface area contributed by atoms with Crippen molar-refractivity contribution in [2.75, 3.05) is 13.7 Å². The Morgan fingerprint density at radius 1 is 1.25 bits per heavy atom. The van der Waals surface area contributed by atoms with Gasteiger partial charge in [-0.25, -0.2) is 9.59 Å². The zero-order chi connectivity index (χ0) is 15.3. The van der Waals surface area contributed by atoms with E-state index in [4.69, 9.17) is 14.2 Å². The van der Waals surface area contributed by atoms with E-state index in [1.165, 1.54) is 12.0 Å². The van der Waals surface area contributed by atoms with Crippen LogP contribution in [0, 0.1) is 0 Å². The predicted molar refractivity (Wildman–Crippen MR) is 73.1 cm³/mol. The first-order valence-electron chi connectivity index (χ1n) is 7.01. The summed E-state index contributed by atoms with van der Waals surface area (Å²) in [6.45, 7) is 7.69. The van der Waals surface area contributed by atoms with Crippen LogP contribution in [0.25, 0.3) is 0 Å². The van der Waals surface area contributed by atoms with Gasteiger partial charge < -0.3 is 14.2 Å². The van der Waals surface area contributed by atoms with Crippen molar-refractivity contribution in [2.24, 2.45) is 0 Å². The summed E-state index contributed by atoms with van der Waals surface area (Å²) in [5.74, 6) is -0.430. The summed E-state index contributed by atoms with van der Waals surface area (Å²) in [7, 11) is 1.32. The van der Waals surface area contributed by atoms with Crippen molar-refractivity contribution < 1.29 is 23.8 Å². The van der Waals surface area contributed by atoms with Crippen molar-refractivity contribution >= 4 is 12.1 Å². The molecule has 6 nitrogen and oxygen atoms in total. The number of hydrogen-bond acceptors (Lipinski definition) is 5.